The summed E-state index contributed by atoms with van der Waals surface area (Å²) in [4.78, 5) is 0. The van der Waals surface area contributed by atoms with Gasteiger partial charge in [-0.05, 0) is 17.9 Å². The Kier molecular flexibility index (Phi) is 4.12. The maximum absolute atomic E-state index is 8.81. The van der Waals surface area contributed by atoms with Gasteiger partial charge in [0.25, 0.3) is 0 Å². The van der Waals surface area contributed by atoms with E-state index >= 15 is 0 Å². The second-order valence-electron chi connectivity index (χ2n) is 4.93. The number of aromatic nitrogens is 3. The zero-order valence-electron chi connectivity index (χ0n) is 11.7. The van der Waals surface area contributed by atoms with E-state index in [1.807, 2.05) is 24.4 Å². The van der Waals surface area contributed by atoms with Crippen molar-refractivity contribution in [1.82, 2.24) is 15.0 Å². The number of aryl methyl sites for hydroxylation is 1. The molecule has 0 radical (unpaired) electrons. The predicted octanol–water partition coefficient (Wildman–Crippen LogP) is 2.43. The third-order valence-corrected chi connectivity index (χ3v) is 3.38. The maximum Gasteiger partial charge on any atom is 0.102 e. The molecule has 21 heavy (non-hydrogen) atoms. The summed E-state index contributed by atoms with van der Waals surface area (Å²) in [7, 11) is 0. The number of hydrogen-bond donors (Lipinski definition) is 2. The fourth-order valence-electron chi connectivity index (χ4n) is 2.33. The normalized spacial score (nSPS) is 10.9. The van der Waals surface area contributed by atoms with E-state index in [0.717, 1.165) is 11.4 Å². The molecule has 2 aromatic carbocycles. The molecule has 1 heterocycles. The second-order valence-corrected chi connectivity index (χ2v) is 4.93. The molecule has 0 amide bonds. The molecular formula is C16H18N4O. The number of benzene rings is 2. The average molecular weight is 282 g/mol. The van der Waals surface area contributed by atoms with Crippen LogP contribution in [0.4, 0.5) is 5.69 Å². The lowest BCUT2D eigenvalue weighted by Gasteiger charge is -2.08. The van der Waals surface area contributed by atoms with Gasteiger partial charge in [0.15, 0.2) is 0 Å². The summed E-state index contributed by atoms with van der Waals surface area (Å²) in [6.07, 6.45) is 2.60. The SMILES string of the molecule is OCCCn1cc(CNc2cccc3ccccc23)nn1. The number of rotatable bonds is 6. The Bertz CT molecular complexity index is 718. The van der Waals surface area contributed by atoms with Gasteiger partial charge < -0.3 is 10.4 Å². The highest BCUT2D eigenvalue weighted by molar-refractivity contribution is 5.93. The molecule has 0 saturated carbocycles. The number of fused-ring (bicyclic) bond motifs is 1. The van der Waals surface area contributed by atoms with Gasteiger partial charge in [0.2, 0.25) is 0 Å². The van der Waals surface area contributed by atoms with Gasteiger partial charge in [-0.15, -0.1) is 5.10 Å². The van der Waals surface area contributed by atoms with Crippen molar-refractivity contribution in [2.45, 2.75) is 19.5 Å². The number of nitrogens with zero attached hydrogens (tertiary/aromatic N) is 3. The fourth-order valence-corrected chi connectivity index (χ4v) is 2.33. The van der Waals surface area contributed by atoms with Crippen molar-refractivity contribution in [3.63, 3.8) is 0 Å². The van der Waals surface area contributed by atoms with Gasteiger partial charge in [-0.2, -0.15) is 0 Å². The third kappa shape index (κ3) is 3.20. The van der Waals surface area contributed by atoms with Crippen molar-refractivity contribution in [3.8, 4) is 0 Å². The van der Waals surface area contributed by atoms with Gasteiger partial charge in [-0.25, -0.2) is 0 Å². The minimum absolute atomic E-state index is 0.170. The molecule has 0 atom stereocenters. The zero-order chi connectivity index (χ0) is 14.5. The van der Waals surface area contributed by atoms with Crippen molar-refractivity contribution in [2.75, 3.05) is 11.9 Å². The lowest BCUT2D eigenvalue weighted by atomic mass is 10.1. The lowest BCUT2D eigenvalue weighted by Crippen LogP contribution is -2.01. The van der Waals surface area contributed by atoms with Crippen molar-refractivity contribution < 1.29 is 5.11 Å². The summed E-state index contributed by atoms with van der Waals surface area (Å²) >= 11 is 0. The van der Waals surface area contributed by atoms with Crippen molar-refractivity contribution in [2.24, 2.45) is 0 Å². The first kappa shape index (κ1) is 13.6. The molecule has 3 aromatic rings. The van der Waals surface area contributed by atoms with Crippen LogP contribution in [0.1, 0.15) is 12.1 Å². The van der Waals surface area contributed by atoms with Crippen molar-refractivity contribution in [1.29, 1.82) is 0 Å². The molecule has 3 rings (SSSR count). The van der Waals surface area contributed by atoms with E-state index in [4.69, 9.17) is 5.11 Å². The molecule has 0 spiro atoms. The van der Waals surface area contributed by atoms with E-state index in [2.05, 4.69) is 39.9 Å². The Balaban J connectivity index is 1.70. The maximum atomic E-state index is 8.81. The van der Waals surface area contributed by atoms with E-state index in [9.17, 15) is 0 Å². The Hall–Kier alpha value is -2.40. The van der Waals surface area contributed by atoms with E-state index in [-0.39, 0.29) is 6.61 Å². The summed E-state index contributed by atoms with van der Waals surface area (Å²) in [5, 5.41) is 22.8. The first-order chi connectivity index (χ1) is 10.4. The van der Waals surface area contributed by atoms with Crippen LogP contribution in [0.2, 0.25) is 0 Å². The summed E-state index contributed by atoms with van der Waals surface area (Å²) in [6.45, 7) is 1.49. The third-order valence-electron chi connectivity index (χ3n) is 3.38. The molecule has 5 heteroatoms. The van der Waals surface area contributed by atoms with Gasteiger partial charge in [-0.1, -0.05) is 41.6 Å². The fraction of sp³-hybridized carbons (Fsp3) is 0.250. The predicted molar refractivity (Wildman–Crippen MR) is 83.0 cm³/mol. The van der Waals surface area contributed by atoms with Crippen LogP contribution in [-0.4, -0.2) is 26.7 Å². The first-order valence-corrected chi connectivity index (χ1v) is 7.08. The second kappa shape index (κ2) is 6.37. The van der Waals surface area contributed by atoms with Crippen LogP contribution < -0.4 is 5.32 Å². The van der Waals surface area contributed by atoms with Crippen LogP contribution in [-0.2, 0) is 13.1 Å². The standard InChI is InChI=1S/C16H18N4O/c21-10-4-9-20-12-14(18-19-20)11-17-16-8-3-6-13-5-1-2-7-15(13)16/h1-3,5-8,12,17,21H,4,9-11H2. The monoisotopic (exact) mass is 282 g/mol. The molecule has 0 saturated heterocycles. The van der Waals surface area contributed by atoms with Crippen LogP contribution in [0.3, 0.4) is 0 Å². The van der Waals surface area contributed by atoms with Crippen molar-refractivity contribution in [3.05, 3.63) is 54.4 Å². The van der Waals surface area contributed by atoms with Gasteiger partial charge in [-0.3, -0.25) is 4.68 Å². The van der Waals surface area contributed by atoms with Crippen LogP contribution in [0.5, 0.6) is 0 Å². The number of aliphatic hydroxyl groups excluding tert-OH is 1. The Morgan fingerprint density at radius 2 is 1.95 bits per heavy atom. The Labute approximate surface area is 123 Å². The molecule has 0 aliphatic carbocycles. The number of anilines is 1. The van der Waals surface area contributed by atoms with E-state index in [1.54, 1.807) is 4.68 Å². The Morgan fingerprint density at radius 1 is 1.10 bits per heavy atom. The van der Waals surface area contributed by atoms with Crippen LogP contribution in [0.25, 0.3) is 10.8 Å². The first-order valence-electron chi connectivity index (χ1n) is 7.08. The lowest BCUT2D eigenvalue weighted by molar-refractivity contribution is 0.276. The molecule has 0 fully saturated rings. The minimum Gasteiger partial charge on any atom is -0.396 e. The molecule has 1 aromatic heterocycles. The smallest absolute Gasteiger partial charge is 0.102 e. The molecular weight excluding hydrogens is 264 g/mol. The Morgan fingerprint density at radius 3 is 2.86 bits per heavy atom. The minimum atomic E-state index is 0.170. The zero-order valence-corrected chi connectivity index (χ0v) is 11.7. The highest BCUT2D eigenvalue weighted by Gasteiger charge is 2.03. The van der Waals surface area contributed by atoms with E-state index in [1.165, 1.54) is 10.8 Å². The van der Waals surface area contributed by atoms with Gasteiger partial charge in [0.1, 0.15) is 5.69 Å². The largest absolute Gasteiger partial charge is 0.396 e. The quantitative estimate of drug-likeness (QED) is 0.729. The van der Waals surface area contributed by atoms with Crippen LogP contribution >= 0.6 is 0 Å². The number of aliphatic hydroxyl groups is 1. The summed E-state index contributed by atoms with van der Waals surface area (Å²) in [5.41, 5.74) is 1.99. The highest BCUT2D eigenvalue weighted by Crippen LogP contribution is 2.23. The molecule has 5 nitrogen and oxygen atoms in total. The molecule has 0 aliphatic heterocycles. The summed E-state index contributed by atoms with van der Waals surface area (Å²) < 4.78 is 1.76. The molecule has 0 unspecified atom stereocenters. The topological polar surface area (TPSA) is 63.0 Å². The van der Waals surface area contributed by atoms with Crippen LogP contribution in [0.15, 0.2) is 48.7 Å². The average Bonchev–Trinajstić information content (AvgIpc) is 2.99. The van der Waals surface area contributed by atoms with E-state index in [0.29, 0.717) is 19.5 Å². The number of nitrogens with one attached hydrogen (secondary N) is 1. The highest BCUT2D eigenvalue weighted by atomic mass is 16.3. The molecule has 0 bridgehead atoms. The molecule has 2 N–H and O–H groups in total. The van der Waals surface area contributed by atoms with E-state index < -0.39 is 0 Å². The molecule has 108 valence electrons. The number of hydrogen-bond acceptors (Lipinski definition) is 4. The molecule has 0 aliphatic rings. The summed E-state index contributed by atoms with van der Waals surface area (Å²) in [5.74, 6) is 0. The van der Waals surface area contributed by atoms with Crippen molar-refractivity contribution >= 4 is 16.5 Å². The van der Waals surface area contributed by atoms with Gasteiger partial charge in [0, 0.05) is 24.2 Å². The van der Waals surface area contributed by atoms with Crippen LogP contribution in [0, 0.1) is 0 Å². The summed E-state index contributed by atoms with van der Waals surface area (Å²) in [6, 6.07) is 14.5. The van der Waals surface area contributed by atoms with Gasteiger partial charge in [0.05, 0.1) is 12.7 Å². The van der Waals surface area contributed by atoms with Gasteiger partial charge >= 0.3 is 0 Å².